The fourth-order valence-electron chi connectivity index (χ4n) is 4.20. The average Bonchev–Trinajstić information content (AvgIpc) is 3.27. The van der Waals surface area contributed by atoms with E-state index in [0.29, 0.717) is 12.6 Å². The number of rotatable bonds is 7. The summed E-state index contributed by atoms with van der Waals surface area (Å²) in [6.07, 6.45) is 11.2. The van der Waals surface area contributed by atoms with Gasteiger partial charge in [0.25, 0.3) is 0 Å². The van der Waals surface area contributed by atoms with Gasteiger partial charge in [-0.1, -0.05) is 29.8 Å². The first-order valence-corrected chi connectivity index (χ1v) is 10.9. The first-order chi connectivity index (χ1) is 15.1. The summed E-state index contributed by atoms with van der Waals surface area (Å²) in [5, 5.41) is 7.77. The smallest absolute Gasteiger partial charge is 0.234 e. The van der Waals surface area contributed by atoms with Gasteiger partial charge in [-0.25, -0.2) is 9.97 Å². The maximum Gasteiger partial charge on any atom is 0.234 e. The van der Waals surface area contributed by atoms with Gasteiger partial charge in [0.15, 0.2) is 0 Å². The van der Waals surface area contributed by atoms with E-state index in [1.165, 1.54) is 11.1 Å². The SMILES string of the molecule is Cc1ccc(CN(C)CC(=O)NC2CCC(n3cc(-c4ccncn4)cn3)CC2)cc1. The van der Waals surface area contributed by atoms with Crippen molar-refractivity contribution in [3.8, 4) is 11.3 Å². The molecule has 0 saturated heterocycles. The number of carbonyl (C=O) groups is 1. The molecule has 2 heterocycles. The van der Waals surface area contributed by atoms with Gasteiger partial charge in [0.05, 0.1) is 24.5 Å². The zero-order valence-electron chi connectivity index (χ0n) is 18.2. The molecule has 1 N–H and O–H groups in total. The van der Waals surface area contributed by atoms with Gasteiger partial charge < -0.3 is 5.32 Å². The molecule has 3 aromatic rings. The summed E-state index contributed by atoms with van der Waals surface area (Å²) in [5.74, 6) is 0.100. The van der Waals surface area contributed by atoms with Gasteiger partial charge in [0.1, 0.15) is 6.33 Å². The second kappa shape index (κ2) is 9.83. The quantitative estimate of drug-likeness (QED) is 0.637. The number of carbonyl (C=O) groups excluding carboxylic acids is 1. The normalized spacial score (nSPS) is 18.8. The zero-order chi connectivity index (χ0) is 21.6. The lowest BCUT2D eigenvalue weighted by Gasteiger charge is -2.29. The number of aryl methyl sites for hydroxylation is 1. The van der Waals surface area contributed by atoms with Crippen LogP contribution in [-0.2, 0) is 11.3 Å². The average molecular weight is 419 g/mol. The van der Waals surface area contributed by atoms with Crippen LogP contribution in [0.2, 0.25) is 0 Å². The molecule has 1 aliphatic carbocycles. The Morgan fingerprint density at radius 3 is 2.65 bits per heavy atom. The van der Waals surface area contributed by atoms with E-state index in [1.54, 1.807) is 12.5 Å². The molecular weight excluding hydrogens is 388 g/mol. The molecule has 0 spiro atoms. The molecule has 1 aromatic carbocycles. The molecule has 1 amide bonds. The third kappa shape index (κ3) is 5.76. The number of hydrogen-bond donors (Lipinski definition) is 1. The summed E-state index contributed by atoms with van der Waals surface area (Å²) in [5.41, 5.74) is 4.37. The molecule has 0 aliphatic heterocycles. The number of aromatic nitrogens is 4. The molecule has 162 valence electrons. The Morgan fingerprint density at radius 2 is 1.94 bits per heavy atom. The van der Waals surface area contributed by atoms with Crippen LogP contribution in [0.4, 0.5) is 0 Å². The molecule has 4 rings (SSSR count). The summed E-state index contributed by atoms with van der Waals surface area (Å²) in [6.45, 7) is 3.27. The molecule has 7 heteroatoms. The van der Waals surface area contributed by atoms with Gasteiger partial charge in [-0.15, -0.1) is 0 Å². The Morgan fingerprint density at radius 1 is 1.16 bits per heavy atom. The van der Waals surface area contributed by atoms with Crippen LogP contribution >= 0.6 is 0 Å². The zero-order valence-corrected chi connectivity index (χ0v) is 18.2. The molecule has 31 heavy (non-hydrogen) atoms. The largest absolute Gasteiger partial charge is 0.352 e. The lowest BCUT2D eigenvalue weighted by molar-refractivity contribution is -0.123. The van der Waals surface area contributed by atoms with E-state index >= 15 is 0 Å². The minimum Gasteiger partial charge on any atom is -0.352 e. The highest BCUT2D eigenvalue weighted by molar-refractivity contribution is 5.78. The van der Waals surface area contributed by atoms with E-state index in [4.69, 9.17) is 0 Å². The monoisotopic (exact) mass is 418 g/mol. The molecule has 0 radical (unpaired) electrons. The lowest BCUT2D eigenvalue weighted by atomic mass is 9.91. The van der Waals surface area contributed by atoms with Gasteiger partial charge in [-0.05, 0) is 51.3 Å². The minimum absolute atomic E-state index is 0.100. The fraction of sp³-hybridized carbons (Fsp3) is 0.417. The number of nitrogens with zero attached hydrogens (tertiary/aromatic N) is 5. The molecule has 0 bridgehead atoms. The highest BCUT2D eigenvalue weighted by atomic mass is 16.2. The number of hydrogen-bond acceptors (Lipinski definition) is 5. The molecule has 0 atom stereocenters. The van der Waals surface area contributed by atoms with Crippen molar-refractivity contribution in [2.24, 2.45) is 0 Å². The maximum atomic E-state index is 12.5. The molecule has 0 unspecified atom stereocenters. The third-order valence-corrected chi connectivity index (χ3v) is 5.90. The summed E-state index contributed by atoms with van der Waals surface area (Å²) in [7, 11) is 1.99. The van der Waals surface area contributed by atoms with Crippen molar-refractivity contribution in [1.29, 1.82) is 0 Å². The Kier molecular flexibility index (Phi) is 6.72. The van der Waals surface area contributed by atoms with E-state index in [0.717, 1.165) is 43.5 Å². The highest BCUT2D eigenvalue weighted by Gasteiger charge is 2.24. The first-order valence-electron chi connectivity index (χ1n) is 10.9. The summed E-state index contributed by atoms with van der Waals surface area (Å²) in [4.78, 5) is 22.8. The van der Waals surface area contributed by atoms with E-state index in [2.05, 4.69) is 62.7 Å². The van der Waals surface area contributed by atoms with Crippen LogP contribution in [-0.4, -0.2) is 50.2 Å². The van der Waals surface area contributed by atoms with Crippen LogP contribution in [0, 0.1) is 6.92 Å². The predicted octanol–water partition coefficient (Wildman–Crippen LogP) is 3.38. The predicted molar refractivity (Wildman–Crippen MR) is 120 cm³/mol. The van der Waals surface area contributed by atoms with Crippen molar-refractivity contribution in [2.75, 3.05) is 13.6 Å². The Balaban J connectivity index is 1.22. The number of benzene rings is 1. The van der Waals surface area contributed by atoms with Crippen LogP contribution in [0.15, 0.2) is 55.2 Å². The molecule has 7 nitrogen and oxygen atoms in total. The first kappa shape index (κ1) is 21.2. The van der Waals surface area contributed by atoms with Crippen molar-refractivity contribution in [3.63, 3.8) is 0 Å². The van der Waals surface area contributed by atoms with Gasteiger partial charge in [0.2, 0.25) is 5.91 Å². The van der Waals surface area contributed by atoms with E-state index < -0.39 is 0 Å². The number of likely N-dealkylation sites (N-methyl/N-ethyl adjacent to an activating group) is 1. The van der Waals surface area contributed by atoms with Crippen molar-refractivity contribution < 1.29 is 4.79 Å². The van der Waals surface area contributed by atoms with Gasteiger partial charge >= 0.3 is 0 Å². The number of amides is 1. The number of nitrogens with one attached hydrogen (secondary N) is 1. The van der Waals surface area contributed by atoms with E-state index in [1.807, 2.05) is 24.0 Å². The second-order valence-corrected chi connectivity index (χ2v) is 8.53. The Bertz CT molecular complexity index is 977. The summed E-state index contributed by atoms with van der Waals surface area (Å²) >= 11 is 0. The lowest BCUT2D eigenvalue weighted by Crippen LogP contribution is -2.42. The van der Waals surface area contributed by atoms with Crippen LogP contribution in [0.5, 0.6) is 0 Å². The standard InChI is InChI=1S/C24H30N6O/c1-18-3-5-19(6-4-18)14-29(2)16-24(31)28-21-7-9-22(10-8-21)30-15-20(13-27-30)23-11-12-25-17-26-23/h3-6,11-13,15,17,21-22H,7-10,14,16H2,1-2H3,(H,28,31). The molecule has 1 aliphatic rings. The summed E-state index contributed by atoms with van der Waals surface area (Å²) < 4.78 is 2.05. The fourth-order valence-corrected chi connectivity index (χ4v) is 4.20. The molecule has 1 saturated carbocycles. The van der Waals surface area contributed by atoms with Crippen LogP contribution in [0.25, 0.3) is 11.3 Å². The van der Waals surface area contributed by atoms with Crippen molar-refractivity contribution >= 4 is 5.91 Å². The van der Waals surface area contributed by atoms with Gasteiger partial charge in [-0.2, -0.15) is 5.10 Å². The molecular formula is C24H30N6O. The Labute approximate surface area is 183 Å². The highest BCUT2D eigenvalue weighted by Crippen LogP contribution is 2.29. The van der Waals surface area contributed by atoms with Crippen LogP contribution < -0.4 is 5.32 Å². The van der Waals surface area contributed by atoms with E-state index in [-0.39, 0.29) is 11.9 Å². The van der Waals surface area contributed by atoms with E-state index in [9.17, 15) is 4.79 Å². The molecule has 2 aromatic heterocycles. The Hall–Kier alpha value is -3.06. The second-order valence-electron chi connectivity index (χ2n) is 8.53. The van der Waals surface area contributed by atoms with Gasteiger partial charge in [-0.3, -0.25) is 14.4 Å². The van der Waals surface area contributed by atoms with Crippen LogP contribution in [0.3, 0.4) is 0 Å². The minimum atomic E-state index is 0.100. The maximum absolute atomic E-state index is 12.5. The van der Waals surface area contributed by atoms with Crippen molar-refractivity contribution in [3.05, 3.63) is 66.4 Å². The third-order valence-electron chi connectivity index (χ3n) is 5.90. The molecule has 1 fully saturated rings. The van der Waals surface area contributed by atoms with Gasteiger partial charge in [0, 0.05) is 30.5 Å². The van der Waals surface area contributed by atoms with Crippen molar-refractivity contribution in [2.45, 2.75) is 51.2 Å². The topological polar surface area (TPSA) is 75.9 Å². The summed E-state index contributed by atoms with van der Waals surface area (Å²) in [6, 6.07) is 11.0. The van der Waals surface area contributed by atoms with Crippen molar-refractivity contribution in [1.82, 2.24) is 30.0 Å². The van der Waals surface area contributed by atoms with Crippen LogP contribution in [0.1, 0.15) is 42.9 Å².